The number of benzene rings is 1. The Morgan fingerprint density at radius 1 is 1.00 bits per heavy atom. The summed E-state index contributed by atoms with van der Waals surface area (Å²) < 4.78 is 0. The Morgan fingerprint density at radius 2 is 1.71 bits per heavy atom. The molecule has 0 aliphatic carbocycles. The maximum Gasteiger partial charge on any atom is 0.227 e. The second-order valence-electron chi connectivity index (χ2n) is 8.98. The van der Waals surface area contributed by atoms with Crippen molar-refractivity contribution in [2.45, 2.75) is 51.6 Å². The lowest BCUT2D eigenvalue weighted by molar-refractivity contribution is -0.128. The first kappa shape index (κ1) is 25.5. The second-order valence-corrected chi connectivity index (χ2v) is 11.0. The number of amides is 1. The molecule has 4 rings (SSSR count). The van der Waals surface area contributed by atoms with Crippen LogP contribution < -0.4 is 10.6 Å². The summed E-state index contributed by atoms with van der Waals surface area (Å²) in [5.41, 5.74) is 1.30. The van der Waals surface area contributed by atoms with Gasteiger partial charge in [-0.25, -0.2) is 0 Å². The lowest BCUT2D eigenvalue weighted by atomic mass is 9.85. The molecule has 3 aromatic rings. The standard InChI is InChI=1S/C28H36N4OS2/c1-3-32-21(2)26(27(33)29-17-15-23-11-7-19-34-23)25(14-13-22-9-5-4-6-10-22)31-28(32)30-18-16-24-12-8-20-35-24/h4-12,19-21,25-26H,3,13-18H2,1-2H3,(H,29,33)(H,30,31)/t21-,25+,26-/m1/s1. The number of aliphatic imine (C=N–C) groups is 1. The number of hydrogen-bond donors (Lipinski definition) is 2. The summed E-state index contributed by atoms with van der Waals surface area (Å²) in [5, 5.41) is 11.1. The highest BCUT2D eigenvalue weighted by Gasteiger charge is 2.41. The number of aryl methyl sites for hydroxylation is 1. The SMILES string of the molecule is CCN1C(=NCCc2cccs2)N[C@@H](CCc2ccccc2)[C@H](C(=O)NCCc2cccs2)[C@H]1C. The van der Waals surface area contributed by atoms with Gasteiger partial charge in [0.25, 0.3) is 0 Å². The normalized spacial score (nSPS) is 21.1. The number of hydrogen-bond acceptors (Lipinski definition) is 4. The maximum atomic E-state index is 13.5. The third-order valence-corrected chi connectivity index (χ3v) is 8.58. The molecule has 1 amide bonds. The number of thiophene rings is 2. The van der Waals surface area contributed by atoms with Crippen molar-refractivity contribution >= 4 is 34.5 Å². The van der Waals surface area contributed by atoms with Crippen molar-refractivity contribution in [3.05, 3.63) is 80.7 Å². The van der Waals surface area contributed by atoms with Crippen LogP contribution in [-0.4, -0.2) is 48.5 Å². The van der Waals surface area contributed by atoms with Crippen molar-refractivity contribution in [1.29, 1.82) is 0 Å². The van der Waals surface area contributed by atoms with Crippen molar-refractivity contribution in [1.82, 2.24) is 15.5 Å². The van der Waals surface area contributed by atoms with Crippen LogP contribution in [0.2, 0.25) is 0 Å². The lowest BCUT2D eigenvalue weighted by Crippen LogP contribution is -2.65. The van der Waals surface area contributed by atoms with Gasteiger partial charge in [0.2, 0.25) is 5.91 Å². The molecule has 0 spiro atoms. The van der Waals surface area contributed by atoms with Gasteiger partial charge in [-0.3, -0.25) is 9.79 Å². The van der Waals surface area contributed by atoms with Gasteiger partial charge in [-0.2, -0.15) is 0 Å². The summed E-state index contributed by atoms with van der Waals surface area (Å²) in [7, 11) is 0. The molecule has 3 heterocycles. The number of carbonyl (C=O) groups is 1. The first-order valence-electron chi connectivity index (χ1n) is 12.6. The zero-order valence-corrected chi connectivity index (χ0v) is 22.3. The maximum absolute atomic E-state index is 13.5. The number of guanidine groups is 1. The monoisotopic (exact) mass is 508 g/mol. The molecule has 0 saturated carbocycles. The van der Waals surface area contributed by atoms with Gasteiger partial charge in [0.05, 0.1) is 5.92 Å². The van der Waals surface area contributed by atoms with E-state index in [1.807, 2.05) is 6.07 Å². The van der Waals surface area contributed by atoms with E-state index in [-0.39, 0.29) is 23.9 Å². The van der Waals surface area contributed by atoms with Gasteiger partial charge < -0.3 is 15.5 Å². The third-order valence-electron chi connectivity index (χ3n) is 6.71. The van der Waals surface area contributed by atoms with E-state index in [0.29, 0.717) is 6.54 Å². The van der Waals surface area contributed by atoms with Gasteiger partial charge in [0.15, 0.2) is 5.96 Å². The molecule has 3 atom stereocenters. The fraction of sp³-hybridized carbons (Fsp3) is 0.429. The average Bonchev–Trinajstić information content (AvgIpc) is 3.58. The minimum atomic E-state index is -0.141. The topological polar surface area (TPSA) is 56.7 Å². The highest BCUT2D eigenvalue weighted by atomic mass is 32.1. The van der Waals surface area contributed by atoms with Crippen LogP contribution in [0.25, 0.3) is 0 Å². The first-order valence-corrected chi connectivity index (χ1v) is 14.4. The first-order chi connectivity index (χ1) is 17.2. The van der Waals surface area contributed by atoms with Crippen molar-refractivity contribution in [3.8, 4) is 0 Å². The van der Waals surface area contributed by atoms with Crippen molar-refractivity contribution in [2.24, 2.45) is 10.9 Å². The van der Waals surface area contributed by atoms with Crippen molar-refractivity contribution in [3.63, 3.8) is 0 Å². The van der Waals surface area contributed by atoms with Gasteiger partial charge >= 0.3 is 0 Å². The van der Waals surface area contributed by atoms with Crippen molar-refractivity contribution < 1.29 is 4.79 Å². The molecule has 2 aromatic heterocycles. The second kappa shape index (κ2) is 12.9. The number of carbonyl (C=O) groups excluding carboxylic acids is 1. The van der Waals surface area contributed by atoms with Gasteiger partial charge in [0, 0.05) is 47.9 Å². The number of nitrogens with zero attached hydrogens (tertiary/aromatic N) is 2. The molecule has 1 aliphatic heterocycles. The molecule has 35 heavy (non-hydrogen) atoms. The summed E-state index contributed by atoms with van der Waals surface area (Å²) in [6.45, 7) is 6.55. The van der Waals surface area contributed by atoms with Crippen LogP contribution >= 0.6 is 22.7 Å². The molecule has 0 radical (unpaired) electrons. The van der Waals surface area contributed by atoms with E-state index >= 15 is 0 Å². The Labute approximate surface area is 217 Å². The summed E-state index contributed by atoms with van der Waals surface area (Å²) in [5.74, 6) is 0.922. The Bertz CT molecular complexity index is 1050. The van der Waals surface area contributed by atoms with E-state index in [2.05, 4.69) is 88.7 Å². The van der Waals surface area contributed by atoms with Crippen LogP contribution in [0, 0.1) is 5.92 Å². The molecule has 0 bridgehead atoms. The van der Waals surface area contributed by atoms with E-state index in [1.54, 1.807) is 22.7 Å². The molecule has 1 fully saturated rings. The minimum absolute atomic E-state index is 0.0373. The minimum Gasteiger partial charge on any atom is -0.355 e. The van der Waals surface area contributed by atoms with Crippen LogP contribution in [0.3, 0.4) is 0 Å². The van der Waals surface area contributed by atoms with E-state index in [4.69, 9.17) is 4.99 Å². The fourth-order valence-electron chi connectivity index (χ4n) is 4.86. The fourth-order valence-corrected chi connectivity index (χ4v) is 6.27. The van der Waals surface area contributed by atoms with Gasteiger partial charge in [-0.1, -0.05) is 42.5 Å². The van der Waals surface area contributed by atoms with E-state index in [0.717, 1.165) is 44.7 Å². The van der Waals surface area contributed by atoms with E-state index < -0.39 is 0 Å². The summed E-state index contributed by atoms with van der Waals surface area (Å²) in [6.07, 6.45) is 3.63. The zero-order valence-electron chi connectivity index (χ0n) is 20.7. The molecule has 7 heteroatoms. The predicted molar refractivity (Wildman–Crippen MR) is 148 cm³/mol. The predicted octanol–water partition coefficient (Wildman–Crippen LogP) is 5.00. The summed E-state index contributed by atoms with van der Waals surface area (Å²) >= 11 is 3.52. The molecule has 186 valence electrons. The number of rotatable bonds is 11. The van der Waals surface area contributed by atoms with E-state index in [1.165, 1.54) is 15.3 Å². The highest BCUT2D eigenvalue weighted by Crippen LogP contribution is 2.25. The third kappa shape index (κ3) is 6.95. The lowest BCUT2D eigenvalue weighted by Gasteiger charge is -2.45. The molecular weight excluding hydrogens is 472 g/mol. The number of nitrogens with one attached hydrogen (secondary N) is 2. The van der Waals surface area contributed by atoms with E-state index in [9.17, 15) is 4.79 Å². The molecule has 5 nitrogen and oxygen atoms in total. The Hall–Kier alpha value is -2.64. The van der Waals surface area contributed by atoms with Crippen LogP contribution in [0.4, 0.5) is 0 Å². The Balaban J connectivity index is 1.46. The van der Waals surface area contributed by atoms with Crippen LogP contribution in [0.5, 0.6) is 0 Å². The Kier molecular flexibility index (Phi) is 9.37. The Morgan fingerprint density at radius 3 is 2.37 bits per heavy atom. The van der Waals surface area contributed by atoms with Gasteiger partial charge in [-0.05, 0) is 61.6 Å². The molecule has 1 aliphatic rings. The molecular formula is C28H36N4OS2. The van der Waals surface area contributed by atoms with Crippen molar-refractivity contribution in [2.75, 3.05) is 19.6 Å². The van der Waals surface area contributed by atoms with Crippen LogP contribution in [-0.2, 0) is 24.1 Å². The molecule has 2 N–H and O–H groups in total. The zero-order chi connectivity index (χ0) is 24.5. The largest absolute Gasteiger partial charge is 0.355 e. The highest BCUT2D eigenvalue weighted by molar-refractivity contribution is 7.10. The quantitative estimate of drug-likeness (QED) is 0.383. The van der Waals surface area contributed by atoms with Gasteiger partial charge in [0.1, 0.15) is 0 Å². The molecule has 1 aromatic carbocycles. The van der Waals surface area contributed by atoms with Crippen LogP contribution in [0.1, 0.15) is 35.6 Å². The summed E-state index contributed by atoms with van der Waals surface area (Å²) in [6, 6.07) is 19.1. The van der Waals surface area contributed by atoms with Gasteiger partial charge in [-0.15, -0.1) is 22.7 Å². The van der Waals surface area contributed by atoms with Crippen LogP contribution in [0.15, 0.2) is 70.3 Å². The smallest absolute Gasteiger partial charge is 0.227 e. The summed E-state index contributed by atoms with van der Waals surface area (Å²) in [4.78, 5) is 23.4. The molecule has 1 saturated heterocycles. The molecule has 0 unspecified atom stereocenters. The average molecular weight is 509 g/mol.